The molecule has 1 aromatic rings. The molecule has 1 aromatic carbocycles. The Hall–Kier alpha value is -0.670. The molecule has 1 saturated heterocycles. The summed E-state index contributed by atoms with van der Waals surface area (Å²) in [5.41, 5.74) is 0. The van der Waals surface area contributed by atoms with Gasteiger partial charge in [-0.25, -0.2) is 21.1 Å². The molecular formula is C13H19ClN2O4S2. The summed E-state index contributed by atoms with van der Waals surface area (Å²) in [5.74, 6) is 0.0181. The number of halogens is 1. The van der Waals surface area contributed by atoms with E-state index >= 15 is 0 Å². The summed E-state index contributed by atoms with van der Waals surface area (Å²) in [4.78, 5) is 0.0588. The van der Waals surface area contributed by atoms with Gasteiger partial charge >= 0.3 is 0 Å². The summed E-state index contributed by atoms with van der Waals surface area (Å²) in [6.07, 6.45) is 0.461. The minimum absolute atomic E-state index is 0.0181. The molecule has 124 valence electrons. The number of benzene rings is 1. The lowest BCUT2D eigenvalue weighted by Crippen LogP contribution is -2.38. The third-order valence-electron chi connectivity index (χ3n) is 3.63. The van der Waals surface area contributed by atoms with Gasteiger partial charge in [0, 0.05) is 26.2 Å². The zero-order valence-electron chi connectivity index (χ0n) is 12.3. The first-order valence-electron chi connectivity index (χ1n) is 7.01. The molecule has 6 nitrogen and oxygen atoms in total. The van der Waals surface area contributed by atoms with Crippen molar-refractivity contribution in [1.82, 2.24) is 8.61 Å². The third-order valence-corrected chi connectivity index (χ3v) is 7.91. The van der Waals surface area contributed by atoms with E-state index in [0.29, 0.717) is 13.0 Å². The van der Waals surface area contributed by atoms with Crippen LogP contribution in [0.5, 0.6) is 0 Å². The molecule has 0 spiro atoms. The van der Waals surface area contributed by atoms with Gasteiger partial charge in [0.15, 0.2) is 0 Å². The highest BCUT2D eigenvalue weighted by Gasteiger charge is 2.31. The highest BCUT2D eigenvalue weighted by molar-refractivity contribution is 7.89. The quantitative estimate of drug-likeness (QED) is 0.807. The van der Waals surface area contributed by atoms with Crippen molar-refractivity contribution in [3.05, 3.63) is 29.3 Å². The normalized spacial score (nSPS) is 19.0. The molecule has 1 aliphatic rings. The molecule has 1 aliphatic heterocycles. The maximum absolute atomic E-state index is 12.7. The van der Waals surface area contributed by atoms with Gasteiger partial charge in [0.25, 0.3) is 0 Å². The van der Waals surface area contributed by atoms with Crippen LogP contribution in [0.1, 0.15) is 13.3 Å². The van der Waals surface area contributed by atoms with Crippen molar-refractivity contribution in [3.8, 4) is 0 Å². The van der Waals surface area contributed by atoms with Crippen molar-refractivity contribution in [2.45, 2.75) is 18.2 Å². The van der Waals surface area contributed by atoms with E-state index < -0.39 is 20.0 Å². The highest BCUT2D eigenvalue weighted by atomic mass is 35.5. The molecule has 0 radical (unpaired) electrons. The second-order valence-electron chi connectivity index (χ2n) is 4.99. The second-order valence-corrected chi connectivity index (χ2v) is 9.56. The highest BCUT2D eigenvalue weighted by Crippen LogP contribution is 2.25. The number of hydrogen-bond donors (Lipinski definition) is 0. The third kappa shape index (κ3) is 3.62. The van der Waals surface area contributed by atoms with Gasteiger partial charge < -0.3 is 0 Å². The molecular weight excluding hydrogens is 348 g/mol. The molecule has 0 atom stereocenters. The Morgan fingerprint density at radius 2 is 1.59 bits per heavy atom. The van der Waals surface area contributed by atoms with Crippen molar-refractivity contribution >= 4 is 31.6 Å². The second kappa shape index (κ2) is 6.84. The van der Waals surface area contributed by atoms with Gasteiger partial charge in [0.1, 0.15) is 4.90 Å². The van der Waals surface area contributed by atoms with Crippen LogP contribution in [-0.2, 0) is 20.0 Å². The van der Waals surface area contributed by atoms with E-state index in [1.54, 1.807) is 19.1 Å². The average molecular weight is 367 g/mol. The number of sulfonamides is 2. The van der Waals surface area contributed by atoms with Crippen LogP contribution in [0.3, 0.4) is 0 Å². The van der Waals surface area contributed by atoms with Crippen LogP contribution in [0.4, 0.5) is 0 Å². The fraction of sp³-hybridized carbons (Fsp3) is 0.538. The molecule has 0 bridgehead atoms. The molecule has 0 saturated carbocycles. The van der Waals surface area contributed by atoms with E-state index in [4.69, 9.17) is 11.6 Å². The van der Waals surface area contributed by atoms with E-state index in [-0.39, 0.29) is 35.3 Å². The maximum atomic E-state index is 12.7. The molecule has 0 aromatic heterocycles. The van der Waals surface area contributed by atoms with Gasteiger partial charge in [-0.1, -0.05) is 23.7 Å². The molecule has 1 fully saturated rings. The minimum atomic E-state index is -3.71. The number of hydrogen-bond acceptors (Lipinski definition) is 4. The summed E-state index contributed by atoms with van der Waals surface area (Å²) < 4.78 is 51.8. The summed E-state index contributed by atoms with van der Waals surface area (Å²) in [6, 6.07) is 6.27. The summed E-state index contributed by atoms with van der Waals surface area (Å²) in [6.45, 7) is 2.50. The molecule has 0 N–H and O–H groups in total. The smallest absolute Gasteiger partial charge is 0.212 e. The van der Waals surface area contributed by atoms with Gasteiger partial charge in [-0.2, -0.15) is 4.31 Å². The van der Waals surface area contributed by atoms with Gasteiger partial charge in [-0.15, -0.1) is 0 Å². The van der Waals surface area contributed by atoms with Crippen molar-refractivity contribution < 1.29 is 16.8 Å². The number of nitrogens with zero attached hydrogens (tertiary/aromatic N) is 2. The molecule has 0 aliphatic carbocycles. The lowest BCUT2D eigenvalue weighted by molar-refractivity contribution is 0.405. The fourth-order valence-corrected chi connectivity index (χ4v) is 5.46. The Bertz CT molecular complexity index is 734. The van der Waals surface area contributed by atoms with Crippen molar-refractivity contribution in [2.75, 3.05) is 31.9 Å². The Morgan fingerprint density at radius 1 is 1.00 bits per heavy atom. The molecule has 0 amide bonds. The largest absolute Gasteiger partial charge is 0.244 e. The zero-order chi connectivity index (χ0) is 16.4. The van der Waals surface area contributed by atoms with Gasteiger partial charge in [0.2, 0.25) is 20.0 Å². The Kier molecular flexibility index (Phi) is 5.50. The van der Waals surface area contributed by atoms with Crippen molar-refractivity contribution in [1.29, 1.82) is 0 Å². The summed E-state index contributed by atoms with van der Waals surface area (Å²) in [7, 11) is -7.01. The van der Waals surface area contributed by atoms with E-state index in [1.165, 1.54) is 20.7 Å². The predicted octanol–water partition coefficient (Wildman–Crippen LogP) is 1.39. The van der Waals surface area contributed by atoms with Gasteiger partial charge in [-0.3, -0.25) is 0 Å². The van der Waals surface area contributed by atoms with Crippen LogP contribution < -0.4 is 0 Å². The molecule has 9 heteroatoms. The van der Waals surface area contributed by atoms with E-state index in [2.05, 4.69) is 0 Å². The Morgan fingerprint density at radius 3 is 2.23 bits per heavy atom. The van der Waals surface area contributed by atoms with E-state index in [1.807, 2.05) is 0 Å². The molecule has 1 heterocycles. The topological polar surface area (TPSA) is 74.8 Å². The van der Waals surface area contributed by atoms with Gasteiger partial charge in [0.05, 0.1) is 10.8 Å². The lowest BCUT2D eigenvalue weighted by Gasteiger charge is -2.21. The first kappa shape index (κ1) is 17.7. The number of rotatable bonds is 4. The van der Waals surface area contributed by atoms with Crippen LogP contribution in [0.25, 0.3) is 0 Å². The summed E-state index contributed by atoms with van der Waals surface area (Å²) >= 11 is 5.98. The Balaban J connectivity index is 2.23. The summed E-state index contributed by atoms with van der Waals surface area (Å²) in [5, 5.41) is 0.171. The molecule has 2 rings (SSSR count). The van der Waals surface area contributed by atoms with Crippen LogP contribution in [0.2, 0.25) is 5.02 Å². The first-order valence-corrected chi connectivity index (χ1v) is 10.4. The SMILES string of the molecule is CCS(=O)(=O)N1CCCN(S(=O)(=O)c2ccccc2Cl)CC1. The first-order chi connectivity index (χ1) is 10.3. The predicted molar refractivity (Wildman–Crippen MR) is 85.9 cm³/mol. The fourth-order valence-electron chi connectivity index (χ4n) is 2.36. The average Bonchev–Trinajstić information content (AvgIpc) is 2.74. The monoisotopic (exact) mass is 366 g/mol. The molecule has 0 unspecified atom stereocenters. The zero-order valence-corrected chi connectivity index (χ0v) is 14.7. The maximum Gasteiger partial charge on any atom is 0.244 e. The van der Waals surface area contributed by atoms with E-state index in [0.717, 1.165) is 0 Å². The van der Waals surface area contributed by atoms with Crippen molar-refractivity contribution in [2.24, 2.45) is 0 Å². The van der Waals surface area contributed by atoms with Crippen LogP contribution in [0, 0.1) is 0 Å². The standard InChI is InChI=1S/C13H19ClN2O4S2/c1-2-21(17,18)15-8-5-9-16(11-10-15)22(19,20)13-7-4-3-6-12(13)14/h3-4,6-7H,2,5,8-11H2,1H3. The molecule has 22 heavy (non-hydrogen) atoms. The minimum Gasteiger partial charge on any atom is -0.212 e. The lowest BCUT2D eigenvalue weighted by atomic mass is 10.4. The van der Waals surface area contributed by atoms with Crippen LogP contribution in [-0.4, -0.2) is 57.4 Å². The van der Waals surface area contributed by atoms with E-state index in [9.17, 15) is 16.8 Å². The van der Waals surface area contributed by atoms with Crippen LogP contribution in [0.15, 0.2) is 29.2 Å². The van der Waals surface area contributed by atoms with Crippen molar-refractivity contribution in [3.63, 3.8) is 0 Å². The van der Waals surface area contributed by atoms with Gasteiger partial charge in [-0.05, 0) is 25.5 Å². The van der Waals surface area contributed by atoms with Crippen LogP contribution >= 0.6 is 11.6 Å². The Labute approximate surface area is 136 Å².